The summed E-state index contributed by atoms with van der Waals surface area (Å²) in [4.78, 5) is 15.9. The van der Waals surface area contributed by atoms with E-state index in [1.807, 2.05) is 0 Å². The van der Waals surface area contributed by atoms with Crippen molar-refractivity contribution in [3.05, 3.63) is 23.9 Å². The van der Waals surface area contributed by atoms with E-state index >= 15 is 0 Å². The highest BCUT2D eigenvalue weighted by Gasteiger charge is 2.33. The van der Waals surface area contributed by atoms with Crippen LogP contribution in [0.15, 0.2) is 18.2 Å². The molecule has 0 saturated carbocycles. The fraction of sp³-hybridized carbons (Fsp3) is 0.500. The molecule has 0 aliphatic carbocycles. The maximum Gasteiger partial charge on any atom is 0.433 e. The molecular formula is C12H14F3N3O2. The van der Waals surface area contributed by atoms with E-state index in [0.29, 0.717) is 25.9 Å². The first-order valence-corrected chi connectivity index (χ1v) is 6.15. The smallest absolute Gasteiger partial charge is 0.433 e. The monoisotopic (exact) mass is 289 g/mol. The molecule has 5 nitrogen and oxygen atoms in total. The minimum atomic E-state index is -4.46. The number of aromatic nitrogens is 1. The predicted octanol–water partition coefficient (Wildman–Crippen LogP) is 2.34. The van der Waals surface area contributed by atoms with Crippen LogP contribution in [0.4, 0.5) is 23.8 Å². The molecule has 1 aliphatic heterocycles. The molecule has 0 unspecified atom stereocenters. The second-order valence-electron chi connectivity index (χ2n) is 4.59. The van der Waals surface area contributed by atoms with Gasteiger partial charge in [-0.1, -0.05) is 6.07 Å². The summed E-state index contributed by atoms with van der Waals surface area (Å²) in [5.74, 6) is 0.272. The van der Waals surface area contributed by atoms with Crippen molar-refractivity contribution in [1.29, 1.82) is 0 Å². The van der Waals surface area contributed by atoms with Crippen molar-refractivity contribution in [3.8, 4) is 0 Å². The van der Waals surface area contributed by atoms with E-state index in [2.05, 4.69) is 10.3 Å². The summed E-state index contributed by atoms with van der Waals surface area (Å²) < 4.78 is 37.8. The Kier molecular flexibility index (Phi) is 4.01. The molecule has 8 heteroatoms. The average molecular weight is 289 g/mol. The van der Waals surface area contributed by atoms with Crippen LogP contribution in [-0.4, -0.2) is 35.3 Å². The molecule has 1 fully saturated rings. The number of hydrogen-bond donors (Lipinski definition) is 2. The van der Waals surface area contributed by atoms with Crippen LogP contribution >= 0.6 is 0 Å². The van der Waals surface area contributed by atoms with Gasteiger partial charge in [0.2, 0.25) is 0 Å². The summed E-state index contributed by atoms with van der Waals surface area (Å²) in [5, 5.41) is 11.0. The van der Waals surface area contributed by atoms with Gasteiger partial charge in [-0.2, -0.15) is 13.2 Å². The van der Waals surface area contributed by atoms with Gasteiger partial charge in [0, 0.05) is 19.1 Å². The molecule has 1 amide bonds. The van der Waals surface area contributed by atoms with Crippen molar-refractivity contribution in [2.24, 2.45) is 0 Å². The van der Waals surface area contributed by atoms with Gasteiger partial charge in [0.15, 0.2) is 0 Å². The number of pyridine rings is 1. The van der Waals surface area contributed by atoms with Crippen LogP contribution in [0.3, 0.4) is 0 Å². The molecule has 1 aliphatic rings. The third-order valence-electron chi connectivity index (χ3n) is 3.17. The number of carbonyl (C=O) groups is 1. The maximum atomic E-state index is 12.6. The molecule has 0 bridgehead atoms. The molecule has 20 heavy (non-hydrogen) atoms. The fourth-order valence-electron chi connectivity index (χ4n) is 2.18. The zero-order chi connectivity index (χ0) is 14.8. The van der Waals surface area contributed by atoms with E-state index in [1.165, 1.54) is 12.1 Å². The quantitative estimate of drug-likeness (QED) is 0.877. The third-order valence-corrected chi connectivity index (χ3v) is 3.17. The van der Waals surface area contributed by atoms with Gasteiger partial charge >= 0.3 is 12.3 Å². The number of carboxylic acid groups (broad SMARTS) is 1. The Morgan fingerprint density at radius 2 is 2.00 bits per heavy atom. The number of nitrogens with one attached hydrogen (secondary N) is 1. The Labute approximate surface area is 113 Å². The maximum absolute atomic E-state index is 12.6. The topological polar surface area (TPSA) is 65.5 Å². The number of alkyl halides is 3. The molecule has 0 spiro atoms. The molecule has 110 valence electrons. The first-order chi connectivity index (χ1) is 9.36. The zero-order valence-electron chi connectivity index (χ0n) is 10.5. The second kappa shape index (κ2) is 5.56. The number of piperidine rings is 1. The first kappa shape index (κ1) is 14.4. The molecule has 1 saturated heterocycles. The highest BCUT2D eigenvalue weighted by molar-refractivity contribution is 5.64. The molecule has 0 atom stereocenters. The van der Waals surface area contributed by atoms with Crippen LogP contribution in [0.1, 0.15) is 18.5 Å². The van der Waals surface area contributed by atoms with E-state index in [9.17, 15) is 18.0 Å². The molecule has 2 N–H and O–H groups in total. The molecular weight excluding hydrogens is 275 g/mol. The van der Waals surface area contributed by atoms with Gasteiger partial charge in [-0.05, 0) is 25.0 Å². The standard InChI is InChI=1S/C12H14F3N3O2/c13-12(14,15)9-2-1-3-10(17-9)18-6-4-8(5-7-18)16-11(19)20/h1-3,8,16H,4-7H2,(H,19,20). The molecule has 0 radical (unpaired) electrons. The highest BCUT2D eigenvalue weighted by atomic mass is 19.4. The number of amides is 1. The molecule has 2 heterocycles. The lowest BCUT2D eigenvalue weighted by Gasteiger charge is -2.32. The predicted molar refractivity (Wildman–Crippen MR) is 65.6 cm³/mol. The summed E-state index contributed by atoms with van der Waals surface area (Å²) in [6.45, 7) is 0.943. The van der Waals surface area contributed by atoms with Crippen LogP contribution < -0.4 is 10.2 Å². The Balaban J connectivity index is 2.02. The average Bonchev–Trinajstić information content (AvgIpc) is 2.38. The zero-order valence-corrected chi connectivity index (χ0v) is 10.5. The van der Waals surface area contributed by atoms with Gasteiger partial charge < -0.3 is 15.3 Å². The Morgan fingerprint density at radius 1 is 1.35 bits per heavy atom. The molecule has 2 rings (SSSR count). The summed E-state index contributed by atoms with van der Waals surface area (Å²) >= 11 is 0. The molecule has 0 aromatic carbocycles. The summed E-state index contributed by atoms with van der Waals surface area (Å²) in [6, 6.07) is 3.63. The lowest BCUT2D eigenvalue weighted by atomic mass is 10.1. The van der Waals surface area contributed by atoms with Crippen LogP contribution in [-0.2, 0) is 6.18 Å². The number of halogens is 3. The summed E-state index contributed by atoms with van der Waals surface area (Å²) in [7, 11) is 0. The normalized spacial score (nSPS) is 17.1. The van der Waals surface area contributed by atoms with E-state index < -0.39 is 18.0 Å². The molecule has 1 aromatic heterocycles. The van der Waals surface area contributed by atoms with Crippen molar-refractivity contribution in [3.63, 3.8) is 0 Å². The SMILES string of the molecule is O=C(O)NC1CCN(c2cccc(C(F)(F)F)n2)CC1. The lowest BCUT2D eigenvalue weighted by molar-refractivity contribution is -0.141. The van der Waals surface area contributed by atoms with E-state index in [1.54, 1.807) is 4.90 Å². The van der Waals surface area contributed by atoms with Gasteiger partial charge in [0.1, 0.15) is 11.5 Å². The van der Waals surface area contributed by atoms with E-state index in [0.717, 1.165) is 6.07 Å². The lowest BCUT2D eigenvalue weighted by Crippen LogP contribution is -2.44. The Morgan fingerprint density at radius 3 is 2.55 bits per heavy atom. The number of anilines is 1. The van der Waals surface area contributed by atoms with Crippen molar-refractivity contribution >= 4 is 11.9 Å². The van der Waals surface area contributed by atoms with Gasteiger partial charge in [0.05, 0.1) is 0 Å². The number of hydrogen-bond acceptors (Lipinski definition) is 3. The first-order valence-electron chi connectivity index (χ1n) is 6.15. The second-order valence-corrected chi connectivity index (χ2v) is 4.59. The third kappa shape index (κ3) is 3.52. The van der Waals surface area contributed by atoms with Gasteiger partial charge in [0.25, 0.3) is 0 Å². The van der Waals surface area contributed by atoms with Crippen LogP contribution in [0.25, 0.3) is 0 Å². The summed E-state index contributed by atoms with van der Waals surface area (Å²) in [6.07, 6.45) is -4.45. The number of nitrogens with zero attached hydrogens (tertiary/aromatic N) is 2. The van der Waals surface area contributed by atoms with Crippen molar-refractivity contribution in [1.82, 2.24) is 10.3 Å². The van der Waals surface area contributed by atoms with E-state index in [4.69, 9.17) is 5.11 Å². The van der Waals surface area contributed by atoms with Crippen LogP contribution in [0.5, 0.6) is 0 Å². The van der Waals surface area contributed by atoms with Crippen LogP contribution in [0, 0.1) is 0 Å². The van der Waals surface area contributed by atoms with Gasteiger partial charge in [-0.25, -0.2) is 9.78 Å². The Hall–Kier alpha value is -1.99. The van der Waals surface area contributed by atoms with Crippen molar-refractivity contribution < 1.29 is 23.1 Å². The van der Waals surface area contributed by atoms with Gasteiger partial charge in [-0.3, -0.25) is 0 Å². The van der Waals surface area contributed by atoms with Crippen molar-refractivity contribution in [2.45, 2.75) is 25.1 Å². The van der Waals surface area contributed by atoms with Crippen LogP contribution in [0.2, 0.25) is 0 Å². The highest BCUT2D eigenvalue weighted by Crippen LogP contribution is 2.29. The minimum Gasteiger partial charge on any atom is -0.465 e. The minimum absolute atomic E-state index is 0.158. The van der Waals surface area contributed by atoms with E-state index in [-0.39, 0.29) is 11.9 Å². The largest absolute Gasteiger partial charge is 0.465 e. The van der Waals surface area contributed by atoms with Crippen molar-refractivity contribution in [2.75, 3.05) is 18.0 Å². The number of rotatable bonds is 2. The van der Waals surface area contributed by atoms with Gasteiger partial charge in [-0.15, -0.1) is 0 Å². The molecule has 1 aromatic rings. The summed E-state index contributed by atoms with van der Waals surface area (Å²) in [5.41, 5.74) is -0.916. The Bertz CT molecular complexity index is 485. The fourth-order valence-corrected chi connectivity index (χ4v) is 2.18.